The maximum absolute atomic E-state index is 10.5. The van der Waals surface area contributed by atoms with Crippen molar-refractivity contribution in [1.29, 1.82) is 0 Å². The first-order valence-corrected chi connectivity index (χ1v) is 3.84. The SMILES string of the molecule is O=C(O)c1nc2ccc(Cl)cc2o1. The van der Waals surface area contributed by atoms with E-state index in [9.17, 15) is 4.79 Å². The van der Waals surface area contributed by atoms with Gasteiger partial charge >= 0.3 is 11.9 Å². The van der Waals surface area contributed by atoms with Gasteiger partial charge in [-0.1, -0.05) is 11.6 Å². The predicted molar refractivity (Wildman–Crippen MR) is 46.0 cm³/mol. The molecule has 0 amide bonds. The van der Waals surface area contributed by atoms with Gasteiger partial charge in [-0.3, -0.25) is 0 Å². The Morgan fingerprint density at radius 1 is 1.54 bits per heavy atom. The Morgan fingerprint density at radius 2 is 2.31 bits per heavy atom. The summed E-state index contributed by atoms with van der Waals surface area (Å²) in [7, 11) is 0. The lowest BCUT2D eigenvalue weighted by Crippen LogP contribution is -1.94. The molecule has 5 heteroatoms. The van der Waals surface area contributed by atoms with Gasteiger partial charge in [0, 0.05) is 11.1 Å². The quantitative estimate of drug-likeness (QED) is 0.761. The van der Waals surface area contributed by atoms with E-state index in [4.69, 9.17) is 21.1 Å². The summed E-state index contributed by atoms with van der Waals surface area (Å²) in [6.07, 6.45) is 0. The number of aromatic nitrogens is 1. The number of rotatable bonds is 1. The van der Waals surface area contributed by atoms with E-state index in [0.29, 0.717) is 16.1 Å². The van der Waals surface area contributed by atoms with Crippen LogP contribution in [0.1, 0.15) is 10.7 Å². The number of aromatic carboxylic acids is 1. The minimum Gasteiger partial charge on any atom is -0.474 e. The number of carbonyl (C=O) groups is 1. The lowest BCUT2D eigenvalue weighted by Gasteiger charge is -1.85. The highest BCUT2D eigenvalue weighted by molar-refractivity contribution is 6.31. The first-order chi connectivity index (χ1) is 6.16. The Kier molecular flexibility index (Phi) is 1.70. The summed E-state index contributed by atoms with van der Waals surface area (Å²) < 4.78 is 4.92. The molecule has 0 saturated heterocycles. The number of halogens is 1. The van der Waals surface area contributed by atoms with Crippen LogP contribution in [0, 0.1) is 0 Å². The first-order valence-electron chi connectivity index (χ1n) is 3.46. The van der Waals surface area contributed by atoms with Crippen molar-refractivity contribution in [3.63, 3.8) is 0 Å². The van der Waals surface area contributed by atoms with E-state index in [1.165, 1.54) is 6.07 Å². The summed E-state index contributed by atoms with van der Waals surface area (Å²) in [5, 5.41) is 9.05. The van der Waals surface area contributed by atoms with Gasteiger partial charge in [0.05, 0.1) is 0 Å². The molecule has 0 aliphatic heterocycles. The van der Waals surface area contributed by atoms with Gasteiger partial charge in [-0.25, -0.2) is 9.78 Å². The zero-order valence-electron chi connectivity index (χ0n) is 6.32. The largest absolute Gasteiger partial charge is 0.474 e. The fourth-order valence-electron chi connectivity index (χ4n) is 0.990. The normalized spacial score (nSPS) is 10.5. The summed E-state index contributed by atoms with van der Waals surface area (Å²) >= 11 is 5.67. The van der Waals surface area contributed by atoms with Crippen LogP contribution in [-0.4, -0.2) is 16.1 Å². The summed E-state index contributed by atoms with van der Waals surface area (Å²) in [4.78, 5) is 14.2. The Morgan fingerprint density at radius 3 is 3.00 bits per heavy atom. The van der Waals surface area contributed by atoms with Crippen molar-refractivity contribution in [1.82, 2.24) is 4.98 Å². The molecular formula is C8H4ClNO3. The molecule has 0 spiro atoms. The van der Waals surface area contributed by atoms with Crippen molar-refractivity contribution in [2.75, 3.05) is 0 Å². The van der Waals surface area contributed by atoms with Crippen LogP contribution in [0.2, 0.25) is 5.02 Å². The van der Waals surface area contributed by atoms with E-state index in [1.54, 1.807) is 12.1 Å². The molecule has 1 aromatic carbocycles. The molecule has 0 atom stereocenters. The molecular weight excluding hydrogens is 194 g/mol. The summed E-state index contributed by atoms with van der Waals surface area (Å²) in [6.45, 7) is 0. The van der Waals surface area contributed by atoms with Crippen molar-refractivity contribution in [2.24, 2.45) is 0 Å². The lowest BCUT2D eigenvalue weighted by atomic mass is 10.3. The maximum Gasteiger partial charge on any atom is 0.392 e. The third kappa shape index (κ3) is 1.36. The van der Waals surface area contributed by atoms with E-state index < -0.39 is 5.97 Å². The van der Waals surface area contributed by atoms with Crippen LogP contribution < -0.4 is 0 Å². The van der Waals surface area contributed by atoms with Crippen molar-refractivity contribution < 1.29 is 14.3 Å². The molecule has 1 aromatic heterocycles. The highest BCUT2D eigenvalue weighted by atomic mass is 35.5. The summed E-state index contributed by atoms with van der Waals surface area (Å²) in [6, 6.07) is 4.75. The van der Waals surface area contributed by atoms with Gasteiger partial charge in [-0.2, -0.15) is 0 Å². The fraction of sp³-hybridized carbons (Fsp3) is 0. The number of benzene rings is 1. The van der Waals surface area contributed by atoms with Crippen LogP contribution in [0.25, 0.3) is 11.1 Å². The summed E-state index contributed by atoms with van der Waals surface area (Å²) in [5.74, 6) is -1.51. The third-order valence-corrected chi connectivity index (χ3v) is 1.77. The number of oxazole rings is 1. The Bertz CT molecular complexity index is 477. The number of carboxylic acid groups (broad SMARTS) is 1. The summed E-state index contributed by atoms with van der Waals surface area (Å²) in [5.41, 5.74) is 0.867. The molecule has 66 valence electrons. The molecule has 0 aliphatic carbocycles. The zero-order valence-corrected chi connectivity index (χ0v) is 7.08. The third-order valence-electron chi connectivity index (χ3n) is 1.53. The zero-order chi connectivity index (χ0) is 9.42. The Hall–Kier alpha value is -1.55. The molecule has 0 saturated carbocycles. The van der Waals surface area contributed by atoms with Crippen LogP contribution in [0.5, 0.6) is 0 Å². The van der Waals surface area contributed by atoms with Gasteiger partial charge in [0.2, 0.25) is 0 Å². The molecule has 13 heavy (non-hydrogen) atoms. The molecule has 0 bridgehead atoms. The van der Waals surface area contributed by atoms with Crippen molar-refractivity contribution >= 4 is 28.7 Å². The minimum absolute atomic E-state index is 0.322. The number of carboxylic acids is 1. The number of nitrogens with zero attached hydrogens (tertiary/aromatic N) is 1. The molecule has 4 nitrogen and oxygen atoms in total. The van der Waals surface area contributed by atoms with Gasteiger partial charge in [0.25, 0.3) is 0 Å². The monoisotopic (exact) mass is 197 g/mol. The van der Waals surface area contributed by atoms with Crippen molar-refractivity contribution in [3.8, 4) is 0 Å². The van der Waals surface area contributed by atoms with E-state index in [2.05, 4.69) is 4.98 Å². The van der Waals surface area contributed by atoms with Crippen LogP contribution in [-0.2, 0) is 0 Å². The van der Waals surface area contributed by atoms with Gasteiger partial charge in [0.1, 0.15) is 5.52 Å². The van der Waals surface area contributed by atoms with E-state index in [0.717, 1.165) is 0 Å². The molecule has 0 fully saturated rings. The number of hydrogen-bond donors (Lipinski definition) is 1. The topological polar surface area (TPSA) is 63.3 Å². The Balaban J connectivity index is 2.68. The lowest BCUT2D eigenvalue weighted by molar-refractivity contribution is 0.0656. The standard InChI is InChI=1S/C8H4ClNO3/c9-4-1-2-5-6(3-4)13-7(10-5)8(11)12/h1-3H,(H,11,12). The fourth-order valence-corrected chi connectivity index (χ4v) is 1.15. The highest BCUT2D eigenvalue weighted by Gasteiger charge is 2.11. The van der Waals surface area contributed by atoms with Gasteiger partial charge in [-0.05, 0) is 12.1 Å². The average Bonchev–Trinajstić information content (AvgIpc) is 2.46. The van der Waals surface area contributed by atoms with Crippen LogP contribution >= 0.6 is 11.6 Å². The molecule has 0 radical (unpaired) electrons. The van der Waals surface area contributed by atoms with Crippen LogP contribution in [0.15, 0.2) is 22.6 Å². The van der Waals surface area contributed by atoms with Gasteiger partial charge in [-0.15, -0.1) is 0 Å². The molecule has 2 aromatic rings. The van der Waals surface area contributed by atoms with Crippen molar-refractivity contribution in [3.05, 3.63) is 29.1 Å². The number of hydrogen-bond acceptors (Lipinski definition) is 3. The highest BCUT2D eigenvalue weighted by Crippen LogP contribution is 2.19. The minimum atomic E-state index is -1.19. The average molecular weight is 198 g/mol. The van der Waals surface area contributed by atoms with Crippen LogP contribution in [0.3, 0.4) is 0 Å². The molecule has 1 heterocycles. The molecule has 1 N–H and O–H groups in total. The second-order valence-electron chi connectivity index (χ2n) is 2.44. The first kappa shape index (κ1) is 8.07. The van der Waals surface area contributed by atoms with Crippen molar-refractivity contribution in [2.45, 2.75) is 0 Å². The van der Waals surface area contributed by atoms with Crippen LogP contribution in [0.4, 0.5) is 0 Å². The van der Waals surface area contributed by atoms with E-state index in [1.807, 2.05) is 0 Å². The number of fused-ring (bicyclic) bond motifs is 1. The second kappa shape index (κ2) is 2.74. The smallest absolute Gasteiger partial charge is 0.392 e. The second-order valence-corrected chi connectivity index (χ2v) is 2.87. The predicted octanol–water partition coefficient (Wildman–Crippen LogP) is 2.18. The van der Waals surface area contributed by atoms with E-state index in [-0.39, 0.29) is 5.89 Å². The molecule has 0 aliphatic rings. The molecule has 2 rings (SSSR count). The van der Waals surface area contributed by atoms with E-state index >= 15 is 0 Å². The maximum atomic E-state index is 10.5. The van der Waals surface area contributed by atoms with Gasteiger partial charge in [0.15, 0.2) is 5.58 Å². The Labute approximate surface area is 77.8 Å². The van der Waals surface area contributed by atoms with Gasteiger partial charge < -0.3 is 9.52 Å². The molecule has 0 unspecified atom stereocenters.